The molecule has 0 atom stereocenters. The molecule has 0 fully saturated rings. The van der Waals surface area contributed by atoms with Crippen molar-refractivity contribution in [3.63, 3.8) is 0 Å². The van der Waals surface area contributed by atoms with E-state index in [1.165, 1.54) is 12.6 Å². The van der Waals surface area contributed by atoms with Gasteiger partial charge in [0.2, 0.25) is 0 Å². The quantitative estimate of drug-likeness (QED) is 0.565. The second-order valence-corrected chi connectivity index (χ2v) is 8.43. The van der Waals surface area contributed by atoms with Crippen molar-refractivity contribution in [1.29, 1.82) is 0 Å². The van der Waals surface area contributed by atoms with Crippen LogP contribution in [0, 0.1) is 0 Å². The van der Waals surface area contributed by atoms with E-state index in [4.69, 9.17) is 4.74 Å². The molecule has 146 valence electrons. The molecule has 0 saturated carbocycles. The Hall–Kier alpha value is -2.93. The molecular formula is C21H23N3O3S. The zero-order valence-electron chi connectivity index (χ0n) is 15.9. The number of benzene rings is 2. The third-order valence-corrected chi connectivity index (χ3v) is 5.23. The molecule has 1 heterocycles. The van der Waals surface area contributed by atoms with Crippen molar-refractivity contribution in [3.05, 3.63) is 60.9 Å². The lowest BCUT2D eigenvalue weighted by Crippen LogP contribution is -2.01. The van der Waals surface area contributed by atoms with Crippen LogP contribution in [0.1, 0.15) is 19.8 Å². The Balaban J connectivity index is 1.86. The van der Waals surface area contributed by atoms with E-state index in [2.05, 4.69) is 22.2 Å². The van der Waals surface area contributed by atoms with E-state index >= 15 is 0 Å². The van der Waals surface area contributed by atoms with Gasteiger partial charge in [0.15, 0.2) is 9.84 Å². The Morgan fingerprint density at radius 2 is 1.86 bits per heavy atom. The zero-order chi connectivity index (χ0) is 20.0. The summed E-state index contributed by atoms with van der Waals surface area (Å²) in [5.74, 6) is 1.35. The van der Waals surface area contributed by atoms with Crippen molar-refractivity contribution in [2.24, 2.45) is 0 Å². The van der Waals surface area contributed by atoms with Gasteiger partial charge in [0.05, 0.1) is 17.2 Å². The highest BCUT2D eigenvalue weighted by Crippen LogP contribution is 2.30. The predicted octanol–water partition coefficient (Wildman–Crippen LogP) is 4.47. The molecule has 1 N–H and O–H groups in total. The minimum Gasteiger partial charge on any atom is -0.493 e. The van der Waals surface area contributed by atoms with Crippen LogP contribution in [-0.4, -0.2) is 31.2 Å². The minimum absolute atomic E-state index is 0.251. The van der Waals surface area contributed by atoms with Crippen LogP contribution in [0.4, 0.5) is 11.5 Å². The lowest BCUT2D eigenvalue weighted by molar-refractivity contribution is 0.310. The maximum atomic E-state index is 11.8. The van der Waals surface area contributed by atoms with Gasteiger partial charge < -0.3 is 10.1 Å². The number of sulfone groups is 1. The normalized spacial score (nSPS) is 11.2. The first-order valence-corrected chi connectivity index (χ1v) is 11.0. The number of hydrogen-bond donors (Lipinski definition) is 1. The molecule has 0 saturated heterocycles. The first kappa shape index (κ1) is 19.8. The van der Waals surface area contributed by atoms with Gasteiger partial charge in [0, 0.05) is 23.6 Å². The molecular weight excluding hydrogens is 374 g/mol. The van der Waals surface area contributed by atoms with Gasteiger partial charge in [-0.25, -0.2) is 18.4 Å². The summed E-state index contributed by atoms with van der Waals surface area (Å²) in [6, 6.07) is 16.2. The molecule has 3 aromatic rings. The first-order valence-electron chi connectivity index (χ1n) is 9.09. The molecule has 0 aliphatic rings. The summed E-state index contributed by atoms with van der Waals surface area (Å²) in [4.78, 5) is 8.87. The highest BCUT2D eigenvalue weighted by atomic mass is 32.2. The number of anilines is 2. The van der Waals surface area contributed by atoms with Crippen molar-refractivity contribution in [1.82, 2.24) is 9.97 Å². The van der Waals surface area contributed by atoms with Gasteiger partial charge in [-0.05, 0) is 36.8 Å². The predicted molar refractivity (Wildman–Crippen MR) is 111 cm³/mol. The molecule has 0 unspecified atom stereocenters. The van der Waals surface area contributed by atoms with Gasteiger partial charge in [0.1, 0.15) is 17.9 Å². The third-order valence-electron chi connectivity index (χ3n) is 4.12. The number of nitrogens with one attached hydrogen (secondary N) is 1. The van der Waals surface area contributed by atoms with E-state index in [1.807, 2.05) is 30.3 Å². The fraction of sp³-hybridized carbons (Fsp3) is 0.238. The molecule has 2 aromatic carbocycles. The van der Waals surface area contributed by atoms with Crippen molar-refractivity contribution >= 4 is 21.3 Å². The monoisotopic (exact) mass is 397 g/mol. The molecule has 0 amide bonds. The zero-order valence-corrected chi connectivity index (χ0v) is 16.7. The average molecular weight is 398 g/mol. The molecule has 3 rings (SSSR count). The summed E-state index contributed by atoms with van der Waals surface area (Å²) in [5, 5.41) is 3.14. The summed E-state index contributed by atoms with van der Waals surface area (Å²) in [5.41, 5.74) is 2.25. The van der Waals surface area contributed by atoms with Crippen LogP contribution in [0.5, 0.6) is 5.75 Å². The van der Waals surface area contributed by atoms with E-state index in [9.17, 15) is 8.42 Å². The summed E-state index contributed by atoms with van der Waals surface area (Å²) < 4.78 is 29.4. The van der Waals surface area contributed by atoms with Gasteiger partial charge >= 0.3 is 0 Å². The highest BCUT2D eigenvalue weighted by Gasteiger charge is 2.10. The van der Waals surface area contributed by atoms with Crippen molar-refractivity contribution in [2.75, 3.05) is 18.2 Å². The Labute approximate surface area is 165 Å². The number of nitrogens with zero attached hydrogens (tertiary/aromatic N) is 2. The Morgan fingerprint density at radius 1 is 1.04 bits per heavy atom. The first-order chi connectivity index (χ1) is 13.5. The molecule has 0 radical (unpaired) electrons. The van der Waals surface area contributed by atoms with Crippen LogP contribution < -0.4 is 10.1 Å². The molecule has 0 bridgehead atoms. The minimum atomic E-state index is -3.27. The SMILES string of the molecule is CCCCOc1ccccc1-c1cc(Nc2cccc(S(C)(=O)=O)c2)ncn1. The van der Waals surface area contributed by atoms with E-state index < -0.39 is 9.84 Å². The molecule has 28 heavy (non-hydrogen) atoms. The third kappa shape index (κ3) is 5.07. The second kappa shape index (κ2) is 8.84. The molecule has 0 aliphatic carbocycles. The Bertz CT molecular complexity index is 1050. The molecule has 6 nitrogen and oxygen atoms in total. The van der Waals surface area contributed by atoms with E-state index in [0.717, 1.165) is 29.8 Å². The molecule has 0 aliphatic heterocycles. The van der Waals surface area contributed by atoms with Crippen LogP contribution in [0.15, 0.2) is 65.8 Å². The van der Waals surface area contributed by atoms with Gasteiger partial charge in [-0.3, -0.25) is 0 Å². The standard InChI is InChI=1S/C21H23N3O3S/c1-3-4-12-27-20-11-6-5-10-18(20)19-14-21(23-15-22-19)24-16-8-7-9-17(13-16)28(2,25)26/h5-11,13-15H,3-4,12H2,1-2H3,(H,22,23,24). The summed E-state index contributed by atoms with van der Waals surface area (Å²) in [6.45, 7) is 2.78. The number of unbranched alkanes of at least 4 members (excludes halogenated alkanes) is 1. The summed E-state index contributed by atoms with van der Waals surface area (Å²) >= 11 is 0. The fourth-order valence-corrected chi connectivity index (χ4v) is 3.32. The van der Waals surface area contributed by atoms with E-state index in [-0.39, 0.29) is 4.90 Å². The number of ether oxygens (including phenoxy) is 1. The lowest BCUT2D eigenvalue weighted by atomic mass is 10.1. The van der Waals surface area contributed by atoms with Gasteiger partial charge in [-0.15, -0.1) is 0 Å². The Morgan fingerprint density at radius 3 is 2.64 bits per heavy atom. The van der Waals surface area contributed by atoms with Gasteiger partial charge in [0.25, 0.3) is 0 Å². The number of para-hydroxylation sites is 1. The highest BCUT2D eigenvalue weighted by molar-refractivity contribution is 7.90. The fourth-order valence-electron chi connectivity index (χ4n) is 2.66. The summed E-state index contributed by atoms with van der Waals surface area (Å²) in [7, 11) is -3.27. The van der Waals surface area contributed by atoms with Crippen molar-refractivity contribution < 1.29 is 13.2 Å². The topological polar surface area (TPSA) is 81.2 Å². The molecule has 1 aromatic heterocycles. The van der Waals surface area contributed by atoms with E-state index in [1.54, 1.807) is 24.3 Å². The molecule has 0 spiro atoms. The van der Waals surface area contributed by atoms with Crippen molar-refractivity contribution in [2.45, 2.75) is 24.7 Å². The maximum absolute atomic E-state index is 11.8. The largest absolute Gasteiger partial charge is 0.493 e. The van der Waals surface area contributed by atoms with Crippen LogP contribution in [0.25, 0.3) is 11.3 Å². The number of aromatic nitrogens is 2. The van der Waals surface area contributed by atoms with Crippen LogP contribution in [0.3, 0.4) is 0 Å². The number of hydrogen-bond acceptors (Lipinski definition) is 6. The van der Waals surface area contributed by atoms with Gasteiger partial charge in [-0.2, -0.15) is 0 Å². The van der Waals surface area contributed by atoms with Crippen LogP contribution >= 0.6 is 0 Å². The van der Waals surface area contributed by atoms with Crippen LogP contribution in [0.2, 0.25) is 0 Å². The second-order valence-electron chi connectivity index (χ2n) is 6.41. The van der Waals surface area contributed by atoms with E-state index in [0.29, 0.717) is 18.1 Å². The number of rotatable bonds is 8. The van der Waals surface area contributed by atoms with Gasteiger partial charge in [-0.1, -0.05) is 31.5 Å². The lowest BCUT2D eigenvalue weighted by Gasteiger charge is -2.12. The average Bonchev–Trinajstić information content (AvgIpc) is 2.68. The summed E-state index contributed by atoms with van der Waals surface area (Å²) in [6.07, 6.45) is 4.71. The maximum Gasteiger partial charge on any atom is 0.175 e. The molecule has 7 heteroatoms. The van der Waals surface area contributed by atoms with Crippen LogP contribution in [-0.2, 0) is 9.84 Å². The Kier molecular flexibility index (Phi) is 6.26. The smallest absolute Gasteiger partial charge is 0.175 e. The van der Waals surface area contributed by atoms with Crippen molar-refractivity contribution in [3.8, 4) is 17.0 Å².